The summed E-state index contributed by atoms with van der Waals surface area (Å²) in [6.45, 7) is 0. The molecule has 0 saturated carbocycles. The van der Waals surface area contributed by atoms with Crippen LogP contribution in [0.15, 0.2) is 170 Å². The average Bonchev–Trinajstić information content (AvgIpc) is 3.66. The first-order chi connectivity index (χ1) is 22.9. The second-order valence-corrected chi connectivity index (χ2v) is 12.1. The molecule has 0 bridgehead atoms. The van der Waals surface area contributed by atoms with Gasteiger partial charge < -0.3 is 9.13 Å². The van der Waals surface area contributed by atoms with Crippen LogP contribution < -0.4 is 0 Å². The molecule has 0 radical (unpaired) electrons. The lowest BCUT2D eigenvalue weighted by atomic mass is 9.97. The van der Waals surface area contributed by atoms with Crippen LogP contribution in [0.3, 0.4) is 0 Å². The number of rotatable bonds is 3. The summed E-state index contributed by atoms with van der Waals surface area (Å²) in [4.78, 5) is 0. The summed E-state index contributed by atoms with van der Waals surface area (Å²) in [6.07, 6.45) is 0. The Kier molecular flexibility index (Phi) is 5.31. The van der Waals surface area contributed by atoms with Crippen molar-refractivity contribution in [2.24, 2.45) is 0 Å². The molecule has 2 aromatic heterocycles. The molecule has 0 fully saturated rings. The Balaban J connectivity index is 1.45. The minimum atomic E-state index is 1.17. The third kappa shape index (κ3) is 3.41. The van der Waals surface area contributed by atoms with Gasteiger partial charge in [-0.3, -0.25) is 0 Å². The minimum Gasteiger partial charge on any atom is -0.309 e. The van der Waals surface area contributed by atoms with Gasteiger partial charge in [0.2, 0.25) is 0 Å². The lowest BCUT2D eigenvalue weighted by Gasteiger charge is -2.16. The Hall–Kier alpha value is -6.12. The van der Waals surface area contributed by atoms with Crippen molar-refractivity contribution < 1.29 is 0 Å². The molecule has 0 aliphatic rings. The van der Waals surface area contributed by atoms with Crippen LogP contribution >= 0.6 is 0 Å². The molecular formula is C44H28N2. The fraction of sp³-hybridized carbons (Fsp3) is 0. The molecule has 2 heteroatoms. The Morgan fingerprint density at radius 3 is 1.46 bits per heavy atom. The number of hydrogen-bond donors (Lipinski definition) is 0. The van der Waals surface area contributed by atoms with E-state index in [0.29, 0.717) is 0 Å². The van der Waals surface area contributed by atoms with E-state index in [1.807, 2.05) is 0 Å². The molecular weight excluding hydrogens is 556 g/mol. The second kappa shape index (κ2) is 9.69. The van der Waals surface area contributed by atoms with Crippen molar-refractivity contribution in [3.05, 3.63) is 170 Å². The highest BCUT2D eigenvalue weighted by Crippen LogP contribution is 2.47. The van der Waals surface area contributed by atoms with E-state index in [4.69, 9.17) is 0 Å². The SMILES string of the molecule is c1ccc(-c2cccc3c(-n4c5ccccc5c5c6c7ccccc7n(-c7ccccc7)c6c6ccccc6c54)cccc23)cc1. The molecule has 214 valence electrons. The fourth-order valence-electron chi connectivity index (χ4n) is 7.85. The first-order valence-corrected chi connectivity index (χ1v) is 15.9. The van der Waals surface area contributed by atoms with Crippen LogP contribution in [0.2, 0.25) is 0 Å². The number of fused-ring (bicyclic) bond motifs is 11. The van der Waals surface area contributed by atoms with Gasteiger partial charge in [0.25, 0.3) is 0 Å². The zero-order valence-corrected chi connectivity index (χ0v) is 25.1. The fourth-order valence-corrected chi connectivity index (χ4v) is 7.85. The number of para-hydroxylation sites is 3. The molecule has 2 nitrogen and oxygen atoms in total. The van der Waals surface area contributed by atoms with Crippen LogP contribution in [0.4, 0.5) is 0 Å². The molecule has 0 aliphatic carbocycles. The van der Waals surface area contributed by atoms with E-state index in [2.05, 4.69) is 179 Å². The normalized spacial score (nSPS) is 11.9. The van der Waals surface area contributed by atoms with E-state index in [1.54, 1.807) is 0 Å². The van der Waals surface area contributed by atoms with Crippen molar-refractivity contribution in [3.63, 3.8) is 0 Å². The maximum atomic E-state index is 2.53. The van der Waals surface area contributed by atoms with Crippen molar-refractivity contribution in [1.82, 2.24) is 9.13 Å². The monoisotopic (exact) mass is 584 g/mol. The number of benzene rings is 8. The molecule has 0 saturated heterocycles. The van der Waals surface area contributed by atoms with Crippen LogP contribution in [-0.2, 0) is 0 Å². The van der Waals surface area contributed by atoms with Gasteiger partial charge in [-0.25, -0.2) is 0 Å². The topological polar surface area (TPSA) is 9.86 Å². The molecule has 0 N–H and O–H groups in total. The third-order valence-electron chi connectivity index (χ3n) is 9.68. The van der Waals surface area contributed by atoms with Gasteiger partial charge in [0, 0.05) is 43.4 Å². The van der Waals surface area contributed by atoms with Crippen LogP contribution in [-0.4, -0.2) is 9.13 Å². The maximum absolute atomic E-state index is 2.53. The van der Waals surface area contributed by atoms with Gasteiger partial charge in [-0.2, -0.15) is 0 Å². The van der Waals surface area contributed by atoms with Gasteiger partial charge in [-0.15, -0.1) is 0 Å². The molecule has 0 unspecified atom stereocenters. The van der Waals surface area contributed by atoms with E-state index in [0.717, 1.165) is 0 Å². The summed E-state index contributed by atoms with van der Waals surface area (Å²) >= 11 is 0. The van der Waals surface area contributed by atoms with Crippen LogP contribution in [0.25, 0.3) is 87.7 Å². The predicted octanol–water partition coefficient (Wildman–Crippen LogP) is 11.9. The molecule has 0 spiro atoms. The van der Waals surface area contributed by atoms with Gasteiger partial charge in [0.15, 0.2) is 0 Å². The highest BCUT2D eigenvalue weighted by atomic mass is 15.0. The first kappa shape index (κ1) is 25.2. The standard InChI is InChI=1S/C44H28N2/c1-3-15-29(16-4-1)31-23-13-25-33-32(31)24-14-28-38(33)46-40-27-12-10-22-37(40)42-41-36-21-9-11-26-39(36)45(30-17-5-2-6-18-30)43(41)34-19-7-8-20-35(34)44(42)46/h1-28H. The quantitative estimate of drug-likeness (QED) is 0.195. The zero-order chi connectivity index (χ0) is 30.2. The van der Waals surface area contributed by atoms with E-state index in [-0.39, 0.29) is 0 Å². The van der Waals surface area contributed by atoms with Crippen molar-refractivity contribution in [3.8, 4) is 22.5 Å². The van der Waals surface area contributed by atoms with E-state index < -0.39 is 0 Å². The lowest BCUT2D eigenvalue weighted by molar-refractivity contribution is 1.18. The Bertz CT molecular complexity index is 2780. The van der Waals surface area contributed by atoms with Crippen molar-refractivity contribution in [2.75, 3.05) is 0 Å². The molecule has 10 rings (SSSR count). The molecule has 46 heavy (non-hydrogen) atoms. The highest BCUT2D eigenvalue weighted by molar-refractivity contribution is 6.37. The Morgan fingerprint density at radius 1 is 0.304 bits per heavy atom. The van der Waals surface area contributed by atoms with Gasteiger partial charge in [-0.1, -0.05) is 140 Å². The molecule has 10 aromatic rings. The zero-order valence-electron chi connectivity index (χ0n) is 25.1. The molecule has 2 heterocycles. The Labute approximate surface area is 266 Å². The lowest BCUT2D eigenvalue weighted by Crippen LogP contribution is -1.98. The largest absolute Gasteiger partial charge is 0.309 e. The summed E-state index contributed by atoms with van der Waals surface area (Å²) in [7, 11) is 0. The highest BCUT2D eigenvalue weighted by Gasteiger charge is 2.24. The van der Waals surface area contributed by atoms with Crippen LogP contribution in [0, 0.1) is 0 Å². The second-order valence-electron chi connectivity index (χ2n) is 12.1. The third-order valence-corrected chi connectivity index (χ3v) is 9.68. The maximum Gasteiger partial charge on any atom is 0.0627 e. The number of nitrogens with zero attached hydrogens (tertiary/aromatic N) is 2. The summed E-state index contributed by atoms with van der Waals surface area (Å²) < 4.78 is 4.99. The molecule has 8 aromatic carbocycles. The van der Waals surface area contributed by atoms with E-state index >= 15 is 0 Å². The Morgan fingerprint density at radius 2 is 0.783 bits per heavy atom. The molecule has 0 atom stereocenters. The van der Waals surface area contributed by atoms with Gasteiger partial charge in [0.05, 0.1) is 27.8 Å². The smallest absolute Gasteiger partial charge is 0.0627 e. The average molecular weight is 585 g/mol. The van der Waals surface area contributed by atoms with Crippen molar-refractivity contribution >= 4 is 65.2 Å². The summed E-state index contributed by atoms with van der Waals surface area (Å²) in [5.41, 5.74) is 9.77. The summed E-state index contributed by atoms with van der Waals surface area (Å²) in [5, 5.41) is 10.1. The van der Waals surface area contributed by atoms with Gasteiger partial charge in [0.1, 0.15) is 0 Å². The van der Waals surface area contributed by atoms with Crippen LogP contribution in [0.5, 0.6) is 0 Å². The predicted molar refractivity (Wildman–Crippen MR) is 196 cm³/mol. The number of hydrogen-bond acceptors (Lipinski definition) is 0. The summed E-state index contributed by atoms with van der Waals surface area (Å²) in [5.74, 6) is 0. The molecule has 0 amide bonds. The molecule has 0 aliphatic heterocycles. The van der Waals surface area contributed by atoms with Crippen molar-refractivity contribution in [1.29, 1.82) is 0 Å². The summed E-state index contributed by atoms with van der Waals surface area (Å²) in [6, 6.07) is 61.8. The van der Waals surface area contributed by atoms with Crippen LogP contribution in [0.1, 0.15) is 0 Å². The number of aromatic nitrogens is 2. The van der Waals surface area contributed by atoms with Crippen molar-refractivity contribution in [2.45, 2.75) is 0 Å². The van der Waals surface area contributed by atoms with Gasteiger partial charge in [-0.05, 0) is 46.8 Å². The minimum absolute atomic E-state index is 1.17. The van der Waals surface area contributed by atoms with E-state index in [1.165, 1.54) is 87.7 Å². The van der Waals surface area contributed by atoms with Gasteiger partial charge >= 0.3 is 0 Å². The first-order valence-electron chi connectivity index (χ1n) is 15.9. The van der Waals surface area contributed by atoms with E-state index in [9.17, 15) is 0 Å².